The van der Waals surface area contributed by atoms with E-state index in [0.717, 1.165) is 5.56 Å². The lowest BCUT2D eigenvalue weighted by atomic mass is 10.1. The van der Waals surface area contributed by atoms with E-state index in [2.05, 4.69) is 0 Å². The average molecular weight is 312 g/mol. The van der Waals surface area contributed by atoms with Crippen molar-refractivity contribution in [3.8, 4) is 0 Å². The quantitative estimate of drug-likeness (QED) is 0.801. The Hall–Kier alpha value is -1.20. The minimum atomic E-state index is -3.70. The molecular weight excluding hydrogens is 288 g/mol. The molecule has 1 aromatic carbocycles. The molecule has 0 bridgehead atoms. The molecule has 1 rings (SSSR count). The lowest BCUT2D eigenvalue weighted by molar-refractivity contribution is -0.118. The highest BCUT2D eigenvalue weighted by Crippen LogP contribution is 2.23. The number of carbonyl (C=O) groups is 1. The van der Waals surface area contributed by atoms with Gasteiger partial charge in [0.25, 0.3) is 0 Å². The van der Waals surface area contributed by atoms with Gasteiger partial charge in [0, 0.05) is 6.42 Å². The number of rotatable bonds is 8. The number of ketones is 1. The van der Waals surface area contributed by atoms with Gasteiger partial charge >= 0.3 is 0 Å². The highest BCUT2D eigenvalue weighted by Gasteiger charge is 2.33. The summed E-state index contributed by atoms with van der Waals surface area (Å²) in [6.45, 7) is 5.32. The predicted molar refractivity (Wildman–Crippen MR) is 83.0 cm³/mol. The van der Waals surface area contributed by atoms with Gasteiger partial charge in [-0.3, -0.25) is 4.79 Å². The Bertz CT molecular complexity index is 558. The Morgan fingerprint density at radius 1 is 1.19 bits per heavy atom. The van der Waals surface area contributed by atoms with Crippen LogP contribution in [0.15, 0.2) is 29.2 Å². The summed E-state index contributed by atoms with van der Waals surface area (Å²) in [6.07, 6.45) is 0.705. The minimum Gasteiger partial charge on any atom is -0.393 e. The number of benzene rings is 1. The van der Waals surface area contributed by atoms with Gasteiger partial charge < -0.3 is 5.11 Å². The Kier molecular flexibility index (Phi) is 6.55. The highest BCUT2D eigenvalue weighted by molar-refractivity contribution is 7.92. The standard InChI is InChI=1S/C16H24O4S/c1-4-5-15(18)16(11-8-13(3)17)21(19,20)14-9-6-12(2)7-10-14/h6-7,9-10,13,16-17H,4-5,8,11H2,1-3H3/t13-,16?/m0/s1. The number of aryl methyl sites for hydroxylation is 1. The van der Waals surface area contributed by atoms with Crippen LogP contribution in [0.5, 0.6) is 0 Å². The molecule has 4 nitrogen and oxygen atoms in total. The molecule has 2 atom stereocenters. The van der Waals surface area contributed by atoms with Crippen molar-refractivity contribution in [1.29, 1.82) is 0 Å². The van der Waals surface area contributed by atoms with Gasteiger partial charge in [0.2, 0.25) is 0 Å². The maximum Gasteiger partial charge on any atom is 0.188 e. The molecule has 1 N–H and O–H groups in total. The van der Waals surface area contributed by atoms with Crippen molar-refractivity contribution in [2.75, 3.05) is 0 Å². The molecule has 0 spiro atoms. The summed E-state index contributed by atoms with van der Waals surface area (Å²) in [6, 6.07) is 6.53. The van der Waals surface area contributed by atoms with E-state index in [4.69, 9.17) is 0 Å². The van der Waals surface area contributed by atoms with Crippen molar-refractivity contribution in [2.24, 2.45) is 0 Å². The van der Waals surface area contributed by atoms with E-state index in [0.29, 0.717) is 12.8 Å². The molecule has 0 radical (unpaired) electrons. The van der Waals surface area contributed by atoms with Crippen LogP contribution in [-0.4, -0.2) is 30.7 Å². The molecule has 21 heavy (non-hydrogen) atoms. The molecule has 0 aromatic heterocycles. The fourth-order valence-corrected chi connectivity index (χ4v) is 3.94. The van der Waals surface area contributed by atoms with Crippen molar-refractivity contribution in [3.05, 3.63) is 29.8 Å². The number of Topliss-reactive ketones (excluding diaryl/α,β-unsaturated/α-hetero) is 1. The number of sulfone groups is 1. The van der Waals surface area contributed by atoms with Crippen LogP contribution in [0.1, 0.15) is 45.1 Å². The Balaban J connectivity index is 3.09. The van der Waals surface area contributed by atoms with Gasteiger partial charge in [0.15, 0.2) is 15.6 Å². The average Bonchev–Trinajstić information content (AvgIpc) is 2.39. The number of aliphatic hydroxyl groups excluding tert-OH is 1. The first-order valence-electron chi connectivity index (χ1n) is 7.30. The molecule has 0 aliphatic carbocycles. The second kappa shape index (κ2) is 7.71. The third-order valence-electron chi connectivity index (χ3n) is 3.43. The lowest BCUT2D eigenvalue weighted by Crippen LogP contribution is -2.31. The van der Waals surface area contributed by atoms with Crippen LogP contribution in [0.2, 0.25) is 0 Å². The van der Waals surface area contributed by atoms with Crippen molar-refractivity contribution in [3.63, 3.8) is 0 Å². The molecule has 0 saturated heterocycles. The monoisotopic (exact) mass is 312 g/mol. The van der Waals surface area contributed by atoms with Crippen molar-refractivity contribution < 1.29 is 18.3 Å². The fraction of sp³-hybridized carbons (Fsp3) is 0.562. The zero-order chi connectivity index (χ0) is 16.0. The Morgan fingerprint density at radius 2 is 1.76 bits per heavy atom. The first-order chi connectivity index (χ1) is 9.78. The summed E-state index contributed by atoms with van der Waals surface area (Å²) >= 11 is 0. The van der Waals surface area contributed by atoms with Gasteiger partial charge in [-0.2, -0.15) is 0 Å². The van der Waals surface area contributed by atoms with Gasteiger partial charge in [0.1, 0.15) is 5.25 Å². The summed E-state index contributed by atoms with van der Waals surface area (Å²) in [4.78, 5) is 12.4. The first-order valence-corrected chi connectivity index (χ1v) is 8.85. The molecule has 0 heterocycles. The molecule has 5 heteroatoms. The van der Waals surface area contributed by atoms with Gasteiger partial charge in [-0.15, -0.1) is 0 Å². The first kappa shape index (κ1) is 17.9. The maximum atomic E-state index is 12.7. The van der Waals surface area contributed by atoms with E-state index in [-0.39, 0.29) is 23.5 Å². The number of aliphatic hydroxyl groups is 1. The number of hydrogen-bond acceptors (Lipinski definition) is 4. The smallest absolute Gasteiger partial charge is 0.188 e. The van der Waals surface area contributed by atoms with Crippen molar-refractivity contribution in [1.82, 2.24) is 0 Å². The Labute approximate surface area is 127 Å². The molecule has 0 fully saturated rings. The van der Waals surface area contributed by atoms with Crippen LogP contribution in [0, 0.1) is 6.92 Å². The second-order valence-corrected chi connectivity index (χ2v) is 7.62. The van der Waals surface area contributed by atoms with E-state index in [1.807, 2.05) is 13.8 Å². The van der Waals surface area contributed by atoms with Gasteiger partial charge in [-0.1, -0.05) is 24.6 Å². The molecular formula is C16H24O4S. The van der Waals surface area contributed by atoms with E-state index >= 15 is 0 Å². The highest BCUT2D eigenvalue weighted by atomic mass is 32.2. The topological polar surface area (TPSA) is 71.4 Å². The number of carbonyl (C=O) groups excluding carboxylic acids is 1. The van der Waals surface area contributed by atoms with E-state index in [1.54, 1.807) is 31.2 Å². The van der Waals surface area contributed by atoms with Crippen molar-refractivity contribution in [2.45, 2.75) is 62.7 Å². The van der Waals surface area contributed by atoms with Crippen LogP contribution < -0.4 is 0 Å². The van der Waals surface area contributed by atoms with Crippen LogP contribution in [0.25, 0.3) is 0 Å². The summed E-state index contributed by atoms with van der Waals surface area (Å²) < 4.78 is 25.3. The summed E-state index contributed by atoms with van der Waals surface area (Å²) in [5.41, 5.74) is 0.967. The Morgan fingerprint density at radius 3 is 2.24 bits per heavy atom. The van der Waals surface area contributed by atoms with Crippen LogP contribution in [0.4, 0.5) is 0 Å². The molecule has 1 aromatic rings. The van der Waals surface area contributed by atoms with Gasteiger partial charge in [-0.25, -0.2) is 8.42 Å². The lowest BCUT2D eigenvalue weighted by Gasteiger charge is -2.17. The molecule has 1 unspecified atom stereocenters. The SMILES string of the molecule is CCCC(=O)C(CC[C@H](C)O)S(=O)(=O)c1ccc(C)cc1. The van der Waals surface area contributed by atoms with E-state index < -0.39 is 21.2 Å². The number of hydrogen-bond donors (Lipinski definition) is 1. The third-order valence-corrected chi connectivity index (χ3v) is 5.60. The third kappa shape index (κ3) is 4.93. The summed E-state index contributed by atoms with van der Waals surface area (Å²) in [5, 5.41) is 8.32. The summed E-state index contributed by atoms with van der Waals surface area (Å²) in [7, 11) is -3.70. The van der Waals surface area contributed by atoms with Crippen LogP contribution in [0.3, 0.4) is 0 Å². The minimum absolute atomic E-state index is 0.159. The zero-order valence-corrected chi connectivity index (χ0v) is 13.7. The molecule has 118 valence electrons. The van der Waals surface area contributed by atoms with E-state index in [1.165, 1.54) is 0 Å². The summed E-state index contributed by atoms with van der Waals surface area (Å²) in [5.74, 6) is -0.265. The zero-order valence-electron chi connectivity index (χ0n) is 12.9. The fourth-order valence-electron chi connectivity index (χ4n) is 2.18. The van der Waals surface area contributed by atoms with Crippen LogP contribution >= 0.6 is 0 Å². The maximum absolute atomic E-state index is 12.7. The van der Waals surface area contributed by atoms with Crippen molar-refractivity contribution >= 4 is 15.6 Å². The largest absolute Gasteiger partial charge is 0.393 e. The molecule has 0 aliphatic rings. The molecule has 0 amide bonds. The van der Waals surface area contributed by atoms with Crippen LogP contribution in [-0.2, 0) is 14.6 Å². The molecule has 0 aliphatic heterocycles. The second-order valence-electron chi connectivity index (χ2n) is 5.49. The predicted octanol–water partition coefficient (Wildman–Crippen LogP) is 2.67. The van der Waals surface area contributed by atoms with Gasteiger partial charge in [-0.05, 0) is 45.2 Å². The normalized spacial score (nSPS) is 14.7. The van der Waals surface area contributed by atoms with E-state index in [9.17, 15) is 18.3 Å². The molecule has 0 saturated carbocycles. The van der Waals surface area contributed by atoms with Gasteiger partial charge in [0.05, 0.1) is 11.0 Å².